The highest BCUT2D eigenvalue weighted by Crippen LogP contribution is 2.27. The highest BCUT2D eigenvalue weighted by molar-refractivity contribution is 6.30. The van der Waals surface area contributed by atoms with E-state index in [2.05, 4.69) is 10.3 Å². The smallest absolute Gasteiger partial charge is 0.233 e. The Labute approximate surface area is 81.9 Å². The van der Waals surface area contributed by atoms with Crippen molar-refractivity contribution in [3.8, 4) is 5.88 Å². The van der Waals surface area contributed by atoms with Crippen LogP contribution < -0.4 is 10.1 Å². The summed E-state index contributed by atoms with van der Waals surface area (Å²) < 4.78 is 7.53. The molecule has 1 saturated heterocycles. The number of hydrogen-bond donors (Lipinski definition) is 1. The van der Waals surface area contributed by atoms with Crippen molar-refractivity contribution in [2.75, 3.05) is 13.1 Å². The zero-order valence-corrected chi connectivity index (χ0v) is 8.43. The number of nitrogens with one attached hydrogen (secondary N) is 1. The van der Waals surface area contributed by atoms with Crippen LogP contribution >= 0.6 is 11.6 Å². The Morgan fingerprint density at radius 1 is 1.69 bits per heavy atom. The summed E-state index contributed by atoms with van der Waals surface area (Å²) in [5, 5.41) is 3.58. The molecule has 0 aromatic carbocycles. The Bertz CT molecular complexity index is 300. The first-order valence-corrected chi connectivity index (χ1v) is 4.55. The van der Waals surface area contributed by atoms with Gasteiger partial charge in [0.05, 0.1) is 6.33 Å². The molecule has 0 amide bonds. The molecule has 2 heterocycles. The average Bonchev–Trinajstić information content (AvgIpc) is 2.33. The predicted molar refractivity (Wildman–Crippen MR) is 50.1 cm³/mol. The second-order valence-corrected chi connectivity index (χ2v) is 3.96. The number of imidazole rings is 1. The predicted octanol–water partition coefficient (Wildman–Crippen LogP) is 0.814. The minimum absolute atomic E-state index is 0.128. The minimum Gasteiger partial charge on any atom is -0.468 e. The molecule has 13 heavy (non-hydrogen) atoms. The van der Waals surface area contributed by atoms with Gasteiger partial charge in [-0.1, -0.05) is 11.6 Å². The largest absolute Gasteiger partial charge is 0.468 e. The summed E-state index contributed by atoms with van der Waals surface area (Å²) in [6.07, 6.45) is 1.65. The first-order valence-electron chi connectivity index (χ1n) is 4.17. The van der Waals surface area contributed by atoms with Gasteiger partial charge < -0.3 is 14.6 Å². The number of ether oxygens (including phenoxy) is 1. The van der Waals surface area contributed by atoms with Crippen molar-refractivity contribution in [3.05, 3.63) is 11.5 Å². The van der Waals surface area contributed by atoms with Crippen molar-refractivity contribution < 1.29 is 4.74 Å². The molecular weight excluding hydrogens is 190 g/mol. The first kappa shape index (κ1) is 8.84. The normalized spacial score (nSPS) is 19.6. The molecule has 1 fully saturated rings. The van der Waals surface area contributed by atoms with E-state index < -0.39 is 0 Å². The third-order valence-electron chi connectivity index (χ3n) is 2.18. The quantitative estimate of drug-likeness (QED) is 0.770. The molecule has 4 nitrogen and oxygen atoms in total. The molecule has 72 valence electrons. The van der Waals surface area contributed by atoms with E-state index in [1.807, 2.05) is 14.0 Å². The van der Waals surface area contributed by atoms with Crippen LogP contribution in [0, 0.1) is 0 Å². The van der Waals surface area contributed by atoms with Crippen molar-refractivity contribution in [2.24, 2.45) is 7.05 Å². The van der Waals surface area contributed by atoms with Crippen LogP contribution in [0.2, 0.25) is 5.15 Å². The van der Waals surface area contributed by atoms with Crippen LogP contribution in [0.1, 0.15) is 6.92 Å². The number of aromatic nitrogens is 2. The number of hydrogen-bond acceptors (Lipinski definition) is 3. The SMILES string of the molecule is Cn1cnc(Cl)c1OC1(C)CNC1. The van der Waals surface area contributed by atoms with E-state index in [-0.39, 0.29) is 5.60 Å². The Hall–Kier alpha value is -0.740. The van der Waals surface area contributed by atoms with Crippen LogP contribution in [0.4, 0.5) is 0 Å². The molecule has 0 radical (unpaired) electrons. The first-order chi connectivity index (χ1) is 6.11. The molecule has 0 aliphatic carbocycles. The van der Waals surface area contributed by atoms with E-state index in [1.165, 1.54) is 0 Å². The van der Waals surface area contributed by atoms with Gasteiger partial charge in [0.15, 0.2) is 5.15 Å². The zero-order valence-electron chi connectivity index (χ0n) is 7.67. The number of nitrogens with zero attached hydrogens (tertiary/aromatic N) is 2. The summed E-state index contributed by atoms with van der Waals surface area (Å²) in [7, 11) is 1.86. The molecule has 0 saturated carbocycles. The van der Waals surface area contributed by atoms with Crippen LogP contribution in [0.5, 0.6) is 5.88 Å². The topological polar surface area (TPSA) is 39.1 Å². The van der Waals surface area contributed by atoms with Crippen LogP contribution in [-0.4, -0.2) is 28.2 Å². The van der Waals surface area contributed by atoms with Crippen molar-refractivity contribution in [1.82, 2.24) is 14.9 Å². The maximum absolute atomic E-state index is 5.85. The summed E-state index contributed by atoms with van der Waals surface area (Å²) >= 11 is 5.85. The summed E-state index contributed by atoms with van der Waals surface area (Å²) in [6, 6.07) is 0. The number of rotatable bonds is 2. The summed E-state index contributed by atoms with van der Waals surface area (Å²) in [6.45, 7) is 3.76. The second kappa shape index (κ2) is 2.89. The Balaban J connectivity index is 2.17. The van der Waals surface area contributed by atoms with Gasteiger partial charge in [-0.15, -0.1) is 0 Å². The molecular formula is C8H12ClN3O. The van der Waals surface area contributed by atoms with Gasteiger partial charge in [-0.2, -0.15) is 0 Å². The van der Waals surface area contributed by atoms with E-state index in [9.17, 15) is 0 Å². The molecule has 0 atom stereocenters. The van der Waals surface area contributed by atoms with Gasteiger partial charge in [-0.25, -0.2) is 4.98 Å². The number of aryl methyl sites for hydroxylation is 1. The maximum atomic E-state index is 5.85. The van der Waals surface area contributed by atoms with Gasteiger partial charge in [-0.3, -0.25) is 0 Å². The van der Waals surface area contributed by atoms with E-state index in [0.29, 0.717) is 11.0 Å². The van der Waals surface area contributed by atoms with Gasteiger partial charge in [-0.05, 0) is 6.92 Å². The summed E-state index contributed by atoms with van der Waals surface area (Å²) in [5.74, 6) is 0.644. The molecule has 2 rings (SSSR count). The highest BCUT2D eigenvalue weighted by Gasteiger charge is 2.35. The van der Waals surface area contributed by atoms with Gasteiger partial charge in [0.2, 0.25) is 5.88 Å². The fraction of sp³-hybridized carbons (Fsp3) is 0.625. The highest BCUT2D eigenvalue weighted by atomic mass is 35.5. The van der Waals surface area contributed by atoms with Gasteiger partial charge in [0.25, 0.3) is 0 Å². The van der Waals surface area contributed by atoms with Gasteiger partial charge in [0, 0.05) is 20.1 Å². The molecule has 1 N–H and O–H groups in total. The summed E-state index contributed by atoms with van der Waals surface area (Å²) in [4.78, 5) is 3.94. The third-order valence-corrected chi connectivity index (χ3v) is 2.44. The van der Waals surface area contributed by atoms with Crippen molar-refractivity contribution in [2.45, 2.75) is 12.5 Å². The zero-order chi connectivity index (χ0) is 9.47. The molecule has 1 aliphatic rings. The van der Waals surface area contributed by atoms with E-state index >= 15 is 0 Å². The molecule has 1 aromatic heterocycles. The molecule has 0 spiro atoms. The molecule has 0 bridgehead atoms. The lowest BCUT2D eigenvalue weighted by Crippen LogP contribution is -2.61. The second-order valence-electron chi connectivity index (χ2n) is 3.61. The average molecular weight is 202 g/mol. The maximum Gasteiger partial charge on any atom is 0.233 e. The fourth-order valence-electron chi connectivity index (χ4n) is 1.29. The van der Waals surface area contributed by atoms with Crippen LogP contribution in [0.3, 0.4) is 0 Å². The lowest BCUT2D eigenvalue weighted by atomic mass is 10.0. The lowest BCUT2D eigenvalue weighted by Gasteiger charge is -2.39. The van der Waals surface area contributed by atoms with Crippen molar-refractivity contribution >= 4 is 11.6 Å². The fourth-order valence-corrected chi connectivity index (χ4v) is 1.50. The summed E-state index contributed by atoms with van der Waals surface area (Å²) in [5.41, 5.74) is -0.128. The van der Waals surface area contributed by atoms with E-state index in [4.69, 9.17) is 16.3 Å². The Kier molecular flexibility index (Phi) is 1.96. The van der Waals surface area contributed by atoms with E-state index in [1.54, 1.807) is 10.9 Å². The molecule has 5 heteroatoms. The third kappa shape index (κ3) is 1.51. The Morgan fingerprint density at radius 3 is 2.77 bits per heavy atom. The molecule has 0 unspecified atom stereocenters. The molecule has 1 aliphatic heterocycles. The van der Waals surface area contributed by atoms with Gasteiger partial charge >= 0.3 is 0 Å². The van der Waals surface area contributed by atoms with Gasteiger partial charge in [0.1, 0.15) is 5.60 Å². The number of halogens is 1. The van der Waals surface area contributed by atoms with Crippen LogP contribution in [0.25, 0.3) is 0 Å². The van der Waals surface area contributed by atoms with Crippen molar-refractivity contribution in [1.29, 1.82) is 0 Å². The monoisotopic (exact) mass is 201 g/mol. The molecule has 1 aromatic rings. The minimum atomic E-state index is -0.128. The van der Waals surface area contributed by atoms with E-state index in [0.717, 1.165) is 13.1 Å². The van der Waals surface area contributed by atoms with Crippen LogP contribution in [0.15, 0.2) is 6.33 Å². The lowest BCUT2D eigenvalue weighted by molar-refractivity contribution is 0.0277. The van der Waals surface area contributed by atoms with Crippen LogP contribution in [-0.2, 0) is 7.05 Å². The Morgan fingerprint density at radius 2 is 2.38 bits per heavy atom. The van der Waals surface area contributed by atoms with Crippen molar-refractivity contribution in [3.63, 3.8) is 0 Å². The standard InChI is InChI=1S/C8H12ClN3O/c1-8(3-10-4-8)13-7-6(9)11-5-12(7)2/h5,10H,3-4H2,1-2H3.